The van der Waals surface area contributed by atoms with Crippen LogP contribution in [0.1, 0.15) is 13.8 Å². The first-order chi connectivity index (χ1) is 5.99. The third kappa shape index (κ3) is 1.71. The van der Waals surface area contributed by atoms with Crippen LogP contribution in [0.25, 0.3) is 0 Å². The molecule has 4 atom stereocenters. The van der Waals surface area contributed by atoms with Crippen molar-refractivity contribution < 1.29 is 19.7 Å². The highest BCUT2D eigenvalue weighted by molar-refractivity contribution is 7.99. The van der Waals surface area contributed by atoms with Crippen LogP contribution < -0.4 is 0 Å². The van der Waals surface area contributed by atoms with Crippen molar-refractivity contribution in [3.63, 3.8) is 0 Å². The monoisotopic (exact) mass is 206 g/mol. The Hall–Kier alpha value is 0.190. The summed E-state index contributed by atoms with van der Waals surface area (Å²) in [5, 5.41) is 19.2. The molecule has 0 aromatic rings. The van der Waals surface area contributed by atoms with Crippen molar-refractivity contribution in [2.24, 2.45) is 0 Å². The standard InChI is InChI=1S/C8H14O4S/c1-8(2)11-5-4(9)3-13-7(10)6(5)12-8/h4-7,9-10H,3H2,1-2H3/t4-,5-,6-,7+/m1/s1. The maximum Gasteiger partial charge on any atom is 0.164 e. The van der Waals surface area contributed by atoms with Gasteiger partial charge in [0, 0.05) is 5.75 Å². The number of fused-ring (bicyclic) bond motifs is 1. The van der Waals surface area contributed by atoms with Crippen LogP contribution in [0.2, 0.25) is 0 Å². The van der Waals surface area contributed by atoms with E-state index in [1.54, 1.807) is 13.8 Å². The van der Waals surface area contributed by atoms with Crippen LogP contribution >= 0.6 is 11.8 Å². The number of rotatable bonds is 0. The van der Waals surface area contributed by atoms with E-state index in [-0.39, 0.29) is 6.10 Å². The van der Waals surface area contributed by atoms with Gasteiger partial charge in [0.25, 0.3) is 0 Å². The van der Waals surface area contributed by atoms with Crippen LogP contribution in [0, 0.1) is 0 Å². The molecule has 0 saturated carbocycles. The summed E-state index contributed by atoms with van der Waals surface area (Å²) in [6, 6.07) is 0. The largest absolute Gasteiger partial charge is 0.389 e. The van der Waals surface area contributed by atoms with Crippen molar-refractivity contribution in [1.29, 1.82) is 0 Å². The molecule has 2 aliphatic heterocycles. The molecule has 76 valence electrons. The maximum absolute atomic E-state index is 9.59. The first kappa shape index (κ1) is 9.73. The van der Waals surface area contributed by atoms with Gasteiger partial charge in [0.15, 0.2) is 5.79 Å². The number of thioether (sulfide) groups is 1. The maximum atomic E-state index is 9.59. The lowest BCUT2D eigenvalue weighted by molar-refractivity contribution is -0.155. The lowest BCUT2D eigenvalue weighted by Gasteiger charge is -2.30. The minimum Gasteiger partial charge on any atom is -0.389 e. The van der Waals surface area contributed by atoms with E-state index >= 15 is 0 Å². The average Bonchev–Trinajstić information content (AvgIpc) is 2.35. The van der Waals surface area contributed by atoms with Crippen LogP contribution in [0.3, 0.4) is 0 Å². The lowest BCUT2D eigenvalue weighted by Crippen LogP contribution is -2.46. The molecule has 2 fully saturated rings. The van der Waals surface area contributed by atoms with Gasteiger partial charge in [-0.15, -0.1) is 11.8 Å². The predicted molar refractivity (Wildman–Crippen MR) is 48.3 cm³/mol. The molecule has 4 nitrogen and oxygen atoms in total. The van der Waals surface area contributed by atoms with E-state index < -0.39 is 23.4 Å². The Morgan fingerprint density at radius 3 is 2.46 bits per heavy atom. The Balaban J connectivity index is 2.14. The number of aliphatic hydroxyl groups excluding tert-OH is 2. The summed E-state index contributed by atoms with van der Waals surface area (Å²) in [7, 11) is 0. The minimum absolute atomic E-state index is 0.383. The van der Waals surface area contributed by atoms with Crippen molar-refractivity contribution in [1.82, 2.24) is 0 Å². The van der Waals surface area contributed by atoms with E-state index in [4.69, 9.17) is 9.47 Å². The molecular weight excluding hydrogens is 192 g/mol. The molecule has 0 spiro atoms. The Morgan fingerprint density at radius 1 is 1.23 bits per heavy atom. The smallest absolute Gasteiger partial charge is 0.164 e. The zero-order valence-electron chi connectivity index (χ0n) is 7.64. The Labute approximate surface area is 81.2 Å². The topological polar surface area (TPSA) is 58.9 Å². The molecule has 0 unspecified atom stereocenters. The van der Waals surface area contributed by atoms with Gasteiger partial charge in [-0.2, -0.15) is 0 Å². The van der Waals surface area contributed by atoms with Gasteiger partial charge in [0.2, 0.25) is 0 Å². The van der Waals surface area contributed by atoms with E-state index in [1.807, 2.05) is 0 Å². The third-order valence-corrected chi connectivity index (χ3v) is 3.41. The SMILES string of the molecule is CC1(C)O[C@@H]2[C@H](O1)[C@H](O)CS[C@@H]2O. The predicted octanol–water partition coefficient (Wildman–Crippen LogP) is -0.0674. The van der Waals surface area contributed by atoms with E-state index in [0.29, 0.717) is 5.75 Å². The highest BCUT2D eigenvalue weighted by Gasteiger charge is 2.50. The fourth-order valence-electron chi connectivity index (χ4n) is 1.72. The highest BCUT2D eigenvalue weighted by Crippen LogP contribution is 2.38. The number of ether oxygens (including phenoxy) is 2. The second-order valence-electron chi connectivity index (χ2n) is 3.86. The molecule has 2 saturated heterocycles. The Morgan fingerprint density at radius 2 is 1.85 bits per heavy atom. The fraction of sp³-hybridized carbons (Fsp3) is 1.00. The molecule has 0 aliphatic carbocycles. The van der Waals surface area contributed by atoms with E-state index in [9.17, 15) is 10.2 Å². The quantitative estimate of drug-likeness (QED) is 0.581. The van der Waals surface area contributed by atoms with E-state index in [1.165, 1.54) is 11.8 Å². The molecule has 2 aliphatic rings. The summed E-state index contributed by atoms with van der Waals surface area (Å²) < 4.78 is 11.0. The van der Waals surface area contributed by atoms with Gasteiger partial charge in [-0.1, -0.05) is 0 Å². The van der Waals surface area contributed by atoms with Crippen LogP contribution in [0.5, 0.6) is 0 Å². The van der Waals surface area contributed by atoms with Crippen molar-refractivity contribution in [3.8, 4) is 0 Å². The molecule has 2 rings (SSSR count). The van der Waals surface area contributed by atoms with Gasteiger partial charge in [-0.05, 0) is 13.8 Å². The van der Waals surface area contributed by atoms with Crippen LogP contribution in [0.15, 0.2) is 0 Å². The van der Waals surface area contributed by atoms with Gasteiger partial charge in [-0.25, -0.2) is 0 Å². The Kier molecular flexibility index (Phi) is 2.32. The first-order valence-electron chi connectivity index (χ1n) is 4.33. The lowest BCUT2D eigenvalue weighted by atomic mass is 10.1. The molecule has 2 heterocycles. The molecule has 0 amide bonds. The average molecular weight is 206 g/mol. The van der Waals surface area contributed by atoms with Crippen molar-refractivity contribution in [2.75, 3.05) is 5.75 Å². The van der Waals surface area contributed by atoms with Crippen LogP contribution in [0.4, 0.5) is 0 Å². The second kappa shape index (κ2) is 3.10. The molecule has 0 aromatic heterocycles. The first-order valence-corrected chi connectivity index (χ1v) is 5.38. The summed E-state index contributed by atoms with van der Waals surface area (Å²) in [6.07, 6.45) is -1.32. The van der Waals surface area contributed by atoms with Crippen LogP contribution in [-0.2, 0) is 9.47 Å². The highest BCUT2D eigenvalue weighted by atomic mass is 32.2. The molecule has 0 radical (unpaired) electrons. The zero-order valence-corrected chi connectivity index (χ0v) is 8.45. The summed E-state index contributed by atoms with van der Waals surface area (Å²) in [5.74, 6) is -0.191. The van der Waals surface area contributed by atoms with Gasteiger partial charge >= 0.3 is 0 Å². The normalized spacial score (nSPS) is 48.9. The minimum atomic E-state index is -0.692. The number of hydrogen-bond acceptors (Lipinski definition) is 5. The van der Waals surface area contributed by atoms with E-state index in [0.717, 1.165) is 0 Å². The van der Waals surface area contributed by atoms with Gasteiger partial charge in [0.1, 0.15) is 17.6 Å². The van der Waals surface area contributed by atoms with E-state index in [2.05, 4.69) is 0 Å². The number of hydrogen-bond donors (Lipinski definition) is 2. The van der Waals surface area contributed by atoms with Crippen molar-refractivity contribution >= 4 is 11.8 Å². The van der Waals surface area contributed by atoms with Crippen molar-refractivity contribution in [2.45, 2.75) is 43.4 Å². The molecule has 0 bridgehead atoms. The third-order valence-electron chi connectivity index (χ3n) is 2.26. The Bertz CT molecular complexity index is 188. The van der Waals surface area contributed by atoms with Crippen molar-refractivity contribution in [3.05, 3.63) is 0 Å². The molecular formula is C8H14O4S. The molecule has 5 heteroatoms. The molecule has 2 N–H and O–H groups in total. The van der Waals surface area contributed by atoms with Gasteiger partial charge in [-0.3, -0.25) is 0 Å². The molecule has 13 heavy (non-hydrogen) atoms. The van der Waals surface area contributed by atoms with Crippen LogP contribution in [-0.4, -0.2) is 45.5 Å². The summed E-state index contributed by atoms with van der Waals surface area (Å²) >= 11 is 1.30. The summed E-state index contributed by atoms with van der Waals surface area (Å²) in [6.45, 7) is 3.57. The summed E-state index contributed by atoms with van der Waals surface area (Å²) in [4.78, 5) is 0. The van der Waals surface area contributed by atoms with Gasteiger partial charge in [0.05, 0.1) is 6.10 Å². The fourth-order valence-corrected chi connectivity index (χ4v) is 2.71. The van der Waals surface area contributed by atoms with Gasteiger partial charge < -0.3 is 19.7 Å². The number of aliphatic hydroxyl groups is 2. The zero-order chi connectivity index (χ0) is 9.64. The summed E-state index contributed by atoms with van der Waals surface area (Å²) in [5.41, 5.74) is -0.588. The molecule has 0 aromatic carbocycles. The second-order valence-corrected chi connectivity index (χ2v) is 5.01.